The van der Waals surface area contributed by atoms with E-state index in [9.17, 15) is 4.79 Å². The van der Waals surface area contributed by atoms with E-state index in [0.717, 1.165) is 104 Å². The maximum absolute atomic E-state index is 12.1. The van der Waals surface area contributed by atoms with Crippen molar-refractivity contribution in [3.63, 3.8) is 0 Å². The number of fused-ring (bicyclic) bond motifs is 1. The second-order valence-corrected chi connectivity index (χ2v) is 14.3. The molecule has 8 rings (SSSR count). The van der Waals surface area contributed by atoms with Gasteiger partial charge < -0.3 is 14.5 Å². The lowest BCUT2D eigenvalue weighted by atomic mass is 9.60. The summed E-state index contributed by atoms with van der Waals surface area (Å²) in [5.74, 6) is 1.13. The van der Waals surface area contributed by atoms with E-state index in [0.29, 0.717) is 12.1 Å². The monoisotopic (exact) mass is 603 g/mol. The van der Waals surface area contributed by atoms with Gasteiger partial charge in [-0.3, -0.25) is 19.5 Å². The molecule has 9 nitrogen and oxygen atoms in total. The molecule has 5 heterocycles. The molecule has 2 aliphatic carbocycles. The minimum atomic E-state index is 0.0402. The van der Waals surface area contributed by atoms with Gasteiger partial charge in [0, 0.05) is 71.9 Å². The third-order valence-electron chi connectivity index (χ3n) is 11.4. The number of benzene rings is 1. The van der Waals surface area contributed by atoms with Crippen LogP contribution in [0.25, 0.3) is 22.0 Å². The summed E-state index contributed by atoms with van der Waals surface area (Å²) in [7, 11) is 0. The molecule has 10 heteroatoms. The van der Waals surface area contributed by atoms with E-state index in [4.69, 9.17) is 21.4 Å². The number of hydrogen-bond donors (Lipinski definition) is 1. The lowest BCUT2D eigenvalue weighted by molar-refractivity contribution is -0.149. The van der Waals surface area contributed by atoms with Crippen molar-refractivity contribution in [1.82, 2.24) is 29.8 Å². The van der Waals surface area contributed by atoms with Crippen molar-refractivity contribution in [2.45, 2.75) is 76.4 Å². The fourth-order valence-corrected chi connectivity index (χ4v) is 9.27. The standard InChI is InChI=1S/C33H42ClN7O2/c1-4-27(42)39-19-32(20-39)15-24(16-32)41-22(3)28(29-25-18-35-36-26(25)14-21(2)30(29)34)31(37-41)40-9-6-23(17-33(40)7-5-8-33)38-10-12-43-13-11-38/h4,14,18,23-24H,1,5-13,15-17,19-20H2,2-3H3,(H,35,36). The Kier molecular flexibility index (Phi) is 6.48. The van der Waals surface area contributed by atoms with Gasteiger partial charge in [0.25, 0.3) is 0 Å². The summed E-state index contributed by atoms with van der Waals surface area (Å²) < 4.78 is 7.99. The van der Waals surface area contributed by atoms with Crippen molar-refractivity contribution >= 4 is 34.2 Å². The largest absolute Gasteiger partial charge is 0.379 e. The van der Waals surface area contributed by atoms with E-state index in [-0.39, 0.29) is 16.9 Å². The lowest BCUT2D eigenvalue weighted by Crippen LogP contribution is -2.63. The van der Waals surface area contributed by atoms with Crippen LogP contribution in [0.15, 0.2) is 24.9 Å². The van der Waals surface area contributed by atoms with Crippen LogP contribution in [-0.4, -0.2) is 93.2 Å². The Morgan fingerprint density at radius 3 is 2.58 bits per heavy atom. The number of carbonyl (C=O) groups is 1. The van der Waals surface area contributed by atoms with Gasteiger partial charge in [-0.1, -0.05) is 18.2 Å². The first-order valence-electron chi connectivity index (χ1n) is 16.0. The maximum Gasteiger partial charge on any atom is 0.245 e. The Morgan fingerprint density at radius 1 is 1.12 bits per heavy atom. The van der Waals surface area contributed by atoms with Crippen LogP contribution in [0.3, 0.4) is 0 Å². The fourth-order valence-electron chi connectivity index (χ4n) is 9.01. The third kappa shape index (κ3) is 4.21. The summed E-state index contributed by atoms with van der Waals surface area (Å²) in [6.45, 7) is 14.4. The molecule has 1 amide bonds. The van der Waals surface area contributed by atoms with E-state index in [1.807, 2.05) is 11.1 Å². The number of carbonyl (C=O) groups excluding carboxylic acids is 1. The van der Waals surface area contributed by atoms with Crippen molar-refractivity contribution in [1.29, 1.82) is 0 Å². The lowest BCUT2D eigenvalue weighted by Gasteiger charge is -2.59. The Bertz CT molecular complexity index is 1590. The van der Waals surface area contributed by atoms with Crippen LogP contribution in [0.1, 0.15) is 62.2 Å². The summed E-state index contributed by atoms with van der Waals surface area (Å²) in [6, 6.07) is 3.01. The third-order valence-corrected chi connectivity index (χ3v) is 11.9. The van der Waals surface area contributed by atoms with Crippen LogP contribution in [0.5, 0.6) is 0 Å². The van der Waals surface area contributed by atoms with Crippen molar-refractivity contribution < 1.29 is 9.53 Å². The molecule has 0 radical (unpaired) electrons. The molecule has 2 spiro atoms. The number of likely N-dealkylation sites (tertiary alicyclic amines) is 1. The number of nitrogens with zero attached hydrogens (tertiary/aromatic N) is 6. The zero-order valence-corrected chi connectivity index (χ0v) is 26.1. The zero-order valence-electron chi connectivity index (χ0n) is 25.4. The van der Waals surface area contributed by atoms with Gasteiger partial charge in [0.2, 0.25) is 5.91 Å². The van der Waals surface area contributed by atoms with Crippen molar-refractivity contribution in [3.8, 4) is 11.1 Å². The molecule has 1 atom stereocenters. The number of piperidine rings is 1. The molecule has 228 valence electrons. The quantitative estimate of drug-likeness (QED) is 0.400. The Hall–Kier alpha value is -2.88. The SMILES string of the molecule is C=CC(=O)N1CC2(CC(n3nc(N4CCC(N5CCOCC5)CC45CCC5)c(-c4c(Cl)c(C)cc5[nH]ncc45)c3C)C2)C1. The van der Waals surface area contributed by atoms with Gasteiger partial charge in [0.15, 0.2) is 5.82 Å². The highest BCUT2D eigenvalue weighted by atomic mass is 35.5. The predicted molar refractivity (Wildman–Crippen MR) is 169 cm³/mol. The molecule has 0 bridgehead atoms. The second kappa shape index (κ2) is 10.1. The number of ether oxygens (including phenoxy) is 1. The summed E-state index contributed by atoms with van der Waals surface area (Å²) >= 11 is 7.20. The van der Waals surface area contributed by atoms with Crippen molar-refractivity contribution in [2.75, 3.05) is 50.8 Å². The topological polar surface area (TPSA) is 82.5 Å². The maximum atomic E-state index is 12.1. The van der Waals surface area contributed by atoms with E-state index in [1.165, 1.54) is 37.5 Å². The van der Waals surface area contributed by atoms with E-state index >= 15 is 0 Å². The van der Waals surface area contributed by atoms with Gasteiger partial charge in [0.1, 0.15) is 0 Å². The highest BCUT2D eigenvalue weighted by molar-refractivity contribution is 6.36. The number of rotatable bonds is 5. The van der Waals surface area contributed by atoms with Gasteiger partial charge in [-0.25, -0.2) is 0 Å². The number of amides is 1. The highest BCUT2D eigenvalue weighted by Crippen LogP contribution is 2.57. The number of nitrogens with one attached hydrogen (secondary N) is 1. The molecule has 43 heavy (non-hydrogen) atoms. The molecule has 2 saturated carbocycles. The van der Waals surface area contributed by atoms with E-state index < -0.39 is 0 Å². The van der Waals surface area contributed by atoms with Gasteiger partial charge in [-0.05, 0) is 76.5 Å². The van der Waals surface area contributed by atoms with Crippen LogP contribution in [-0.2, 0) is 9.53 Å². The molecule has 3 saturated heterocycles. The first-order chi connectivity index (χ1) is 20.8. The molecular weight excluding hydrogens is 562 g/mol. The highest BCUT2D eigenvalue weighted by Gasteiger charge is 2.55. The Labute approximate surface area is 258 Å². The van der Waals surface area contributed by atoms with E-state index in [1.54, 1.807) is 0 Å². The minimum absolute atomic E-state index is 0.0402. The van der Waals surface area contributed by atoms with Gasteiger partial charge in [-0.2, -0.15) is 10.2 Å². The van der Waals surface area contributed by atoms with Crippen LogP contribution < -0.4 is 4.90 Å². The second-order valence-electron chi connectivity index (χ2n) is 13.9. The smallest absolute Gasteiger partial charge is 0.245 e. The normalized spacial score (nSPS) is 25.1. The first-order valence-corrected chi connectivity index (χ1v) is 16.4. The Balaban J connectivity index is 1.18. The molecule has 2 aromatic heterocycles. The number of morpholine rings is 1. The average molecular weight is 604 g/mol. The molecule has 3 aromatic rings. The molecule has 1 N–H and O–H groups in total. The van der Waals surface area contributed by atoms with E-state index in [2.05, 4.69) is 51.2 Å². The van der Waals surface area contributed by atoms with Crippen LogP contribution in [0, 0.1) is 19.3 Å². The number of halogens is 1. The van der Waals surface area contributed by atoms with Crippen LogP contribution >= 0.6 is 11.6 Å². The number of aryl methyl sites for hydroxylation is 1. The summed E-state index contributed by atoms with van der Waals surface area (Å²) in [5, 5.41) is 15.0. The molecule has 1 unspecified atom stereocenters. The van der Waals surface area contributed by atoms with Crippen molar-refractivity contribution in [2.24, 2.45) is 5.41 Å². The summed E-state index contributed by atoms with van der Waals surface area (Å²) in [5.41, 5.74) is 5.78. The molecule has 1 aromatic carbocycles. The first kappa shape index (κ1) is 27.7. The van der Waals surface area contributed by atoms with Gasteiger partial charge in [-0.15, -0.1) is 0 Å². The molecular formula is C33H42ClN7O2. The Morgan fingerprint density at radius 2 is 1.88 bits per heavy atom. The number of aromatic nitrogens is 4. The fraction of sp³-hybridized carbons (Fsp3) is 0.606. The number of hydrogen-bond acceptors (Lipinski definition) is 6. The number of aromatic amines is 1. The molecule has 3 aliphatic heterocycles. The zero-order chi connectivity index (χ0) is 29.5. The number of anilines is 1. The minimum Gasteiger partial charge on any atom is -0.379 e. The van der Waals surface area contributed by atoms with Crippen LogP contribution in [0.2, 0.25) is 5.02 Å². The predicted octanol–water partition coefficient (Wildman–Crippen LogP) is 5.27. The molecule has 5 aliphatic rings. The average Bonchev–Trinajstić information content (AvgIpc) is 3.55. The van der Waals surface area contributed by atoms with Gasteiger partial charge in [0.05, 0.1) is 36.0 Å². The van der Waals surface area contributed by atoms with Gasteiger partial charge >= 0.3 is 0 Å². The van der Waals surface area contributed by atoms with Crippen molar-refractivity contribution in [3.05, 3.63) is 41.2 Å². The number of H-pyrrole nitrogens is 1. The summed E-state index contributed by atoms with van der Waals surface area (Å²) in [6.07, 6.45) is 11.4. The summed E-state index contributed by atoms with van der Waals surface area (Å²) in [4.78, 5) is 19.4. The van der Waals surface area contributed by atoms with Crippen LogP contribution in [0.4, 0.5) is 5.82 Å². The molecule has 5 fully saturated rings.